The summed E-state index contributed by atoms with van der Waals surface area (Å²) in [7, 11) is 0. The van der Waals surface area contributed by atoms with E-state index in [-0.39, 0.29) is 11.9 Å². The van der Waals surface area contributed by atoms with Crippen molar-refractivity contribution in [3.05, 3.63) is 0 Å². The Morgan fingerprint density at radius 3 is 2.77 bits per heavy atom. The van der Waals surface area contributed by atoms with Crippen molar-refractivity contribution >= 4 is 5.91 Å². The minimum atomic E-state index is -0.318. The highest BCUT2D eigenvalue weighted by Gasteiger charge is 2.17. The Morgan fingerprint density at radius 2 is 2.31 bits per heavy atom. The van der Waals surface area contributed by atoms with Gasteiger partial charge in [-0.05, 0) is 18.8 Å². The molecule has 13 heavy (non-hydrogen) atoms. The molecule has 0 aliphatic heterocycles. The second kappa shape index (κ2) is 5.22. The Labute approximate surface area is 80.1 Å². The van der Waals surface area contributed by atoms with Gasteiger partial charge in [0.05, 0.1) is 6.04 Å². The number of hydrogen-bond donors (Lipinski definition) is 2. The molecule has 76 valence electrons. The van der Waals surface area contributed by atoms with E-state index in [4.69, 9.17) is 5.73 Å². The molecule has 1 aliphatic carbocycles. The molecule has 3 N–H and O–H groups in total. The van der Waals surface area contributed by atoms with Gasteiger partial charge < -0.3 is 11.1 Å². The lowest BCUT2D eigenvalue weighted by Crippen LogP contribution is -2.40. The minimum absolute atomic E-state index is 0.00169. The van der Waals surface area contributed by atoms with E-state index in [0.29, 0.717) is 0 Å². The van der Waals surface area contributed by atoms with Crippen LogP contribution in [0.15, 0.2) is 0 Å². The average Bonchev–Trinajstić information content (AvgIpc) is 2.07. The fraction of sp³-hybridized carbons (Fsp3) is 0.900. The molecule has 0 radical (unpaired) electrons. The lowest BCUT2D eigenvalue weighted by molar-refractivity contribution is -0.122. The van der Waals surface area contributed by atoms with Gasteiger partial charge in [-0.1, -0.05) is 26.2 Å². The van der Waals surface area contributed by atoms with Crippen LogP contribution < -0.4 is 11.1 Å². The summed E-state index contributed by atoms with van der Waals surface area (Å²) in [6.45, 7) is 2.73. The van der Waals surface area contributed by atoms with Crippen molar-refractivity contribution in [1.82, 2.24) is 5.32 Å². The monoisotopic (exact) mass is 184 g/mol. The van der Waals surface area contributed by atoms with Gasteiger partial charge in [-0.25, -0.2) is 0 Å². The molecule has 1 aliphatic rings. The largest absolute Gasteiger partial charge is 0.355 e. The molecule has 0 saturated heterocycles. The first-order valence-corrected chi connectivity index (χ1v) is 5.27. The molecule has 1 atom stereocenters. The molecular weight excluding hydrogens is 164 g/mol. The first-order valence-electron chi connectivity index (χ1n) is 5.27. The van der Waals surface area contributed by atoms with Crippen LogP contribution in [-0.2, 0) is 4.79 Å². The van der Waals surface area contributed by atoms with E-state index in [9.17, 15) is 4.79 Å². The summed E-state index contributed by atoms with van der Waals surface area (Å²) in [5, 5.41) is 2.87. The third-order valence-electron chi connectivity index (χ3n) is 2.85. The number of rotatable bonds is 5. The normalized spacial score (nSPS) is 19.2. The molecule has 1 saturated carbocycles. The van der Waals surface area contributed by atoms with E-state index in [1.807, 2.05) is 6.92 Å². The van der Waals surface area contributed by atoms with Gasteiger partial charge in [-0.15, -0.1) is 0 Å². The van der Waals surface area contributed by atoms with Crippen LogP contribution in [0.1, 0.15) is 39.0 Å². The molecule has 0 aromatic rings. The first kappa shape index (κ1) is 10.5. The summed E-state index contributed by atoms with van der Waals surface area (Å²) in [4.78, 5) is 11.2. The summed E-state index contributed by atoms with van der Waals surface area (Å²) < 4.78 is 0. The Bertz CT molecular complexity index is 166. The van der Waals surface area contributed by atoms with Gasteiger partial charge in [0.1, 0.15) is 0 Å². The van der Waals surface area contributed by atoms with E-state index in [2.05, 4.69) is 5.32 Å². The molecule has 0 aromatic carbocycles. The Balaban J connectivity index is 2.00. The summed E-state index contributed by atoms with van der Waals surface area (Å²) in [6.07, 6.45) is 5.90. The first-order chi connectivity index (χ1) is 6.24. The SMILES string of the molecule is CC[C@H](N)C(=O)NCCC1CCC1. The highest BCUT2D eigenvalue weighted by atomic mass is 16.2. The van der Waals surface area contributed by atoms with Crippen molar-refractivity contribution < 1.29 is 4.79 Å². The lowest BCUT2D eigenvalue weighted by Gasteiger charge is -2.25. The number of carbonyl (C=O) groups is 1. The maximum atomic E-state index is 11.2. The van der Waals surface area contributed by atoms with Crippen molar-refractivity contribution in [2.75, 3.05) is 6.54 Å². The standard InChI is InChI=1S/C10H20N2O/c1-2-9(11)10(13)12-7-6-8-4-3-5-8/h8-9H,2-7,11H2,1H3,(H,12,13)/t9-/m0/s1. The van der Waals surface area contributed by atoms with Crippen molar-refractivity contribution in [3.63, 3.8) is 0 Å². The van der Waals surface area contributed by atoms with Gasteiger partial charge in [-0.3, -0.25) is 4.79 Å². The van der Waals surface area contributed by atoms with Crippen LogP contribution in [0.3, 0.4) is 0 Å². The van der Waals surface area contributed by atoms with Crippen molar-refractivity contribution in [2.24, 2.45) is 11.7 Å². The fourth-order valence-corrected chi connectivity index (χ4v) is 1.50. The summed E-state index contributed by atoms with van der Waals surface area (Å²) in [5.74, 6) is 0.861. The smallest absolute Gasteiger partial charge is 0.236 e. The number of nitrogens with one attached hydrogen (secondary N) is 1. The van der Waals surface area contributed by atoms with Gasteiger partial charge in [0.2, 0.25) is 5.91 Å². The van der Waals surface area contributed by atoms with Gasteiger partial charge in [0.15, 0.2) is 0 Å². The van der Waals surface area contributed by atoms with Gasteiger partial charge in [0.25, 0.3) is 0 Å². The lowest BCUT2D eigenvalue weighted by atomic mass is 9.83. The zero-order valence-electron chi connectivity index (χ0n) is 8.38. The van der Waals surface area contributed by atoms with Gasteiger partial charge in [-0.2, -0.15) is 0 Å². The van der Waals surface area contributed by atoms with E-state index in [0.717, 1.165) is 25.3 Å². The van der Waals surface area contributed by atoms with Gasteiger partial charge >= 0.3 is 0 Å². The van der Waals surface area contributed by atoms with Crippen LogP contribution in [0.4, 0.5) is 0 Å². The van der Waals surface area contributed by atoms with Crippen LogP contribution in [0.5, 0.6) is 0 Å². The summed E-state index contributed by atoms with van der Waals surface area (Å²) in [5.41, 5.74) is 5.57. The minimum Gasteiger partial charge on any atom is -0.355 e. The molecule has 3 heteroatoms. The van der Waals surface area contributed by atoms with Crippen LogP contribution in [0.25, 0.3) is 0 Å². The Kier molecular flexibility index (Phi) is 4.22. The molecule has 0 unspecified atom stereocenters. The highest BCUT2D eigenvalue weighted by molar-refractivity contribution is 5.81. The fourth-order valence-electron chi connectivity index (χ4n) is 1.50. The van der Waals surface area contributed by atoms with Crippen molar-refractivity contribution in [3.8, 4) is 0 Å². The average molecular weight is 184 g/mol. The predicted molar refractivity (Wildman–Crippen MR) is 53.2 cm³/mol. The van der Waals surface area contributed by atoms with E-state index in [1.165, 1.54) is 19.3 Å². The number of carbonyl (C=O) groups excluding carboxylic acids is 1. The third kappa shape index (κ3) is 3.35. The van der Waals surface area contributed by atoms with E-state index < -0.39 is 0 Å². The Morgan fingerprint density at radius 1 is 1.62 bits per heavy atom. The number of hydrogen-bond acceptors (Lipinski definition) is 2. The van der Waals surface area contributed by atoms with Crippen molar-refractivity contribution in [1.29, 1.82) is 0 Å². The van der Waals surface area contributed by atoms with Crippen LogP contribution in [0.2, 0.25) is 0 Å². The number of nitrogens with two attached hydrogens (primary N) is 1. The summed E-state index contributed by atoms with van der Waals surface area (Å²) in [6, 6.07) is -0.318. The second-order valence-corrected chi connectivity index (χ2v) is 3.89. The number of amides is 1. The predicted octanol–water partition coefficient (Wildman–Crippen LogP) is 1.03. The Hall–Kier alpha value is -0.570. The molecular formula is C10H20N2O. The second-order valence-electron chi connectivity index (χ2n) is 3.89. The van der Waals surface area contributed by atoms with Crippen LogP contribution in [-0.4, -0.2) is 18.5 Å². The molecule has 0 aromatic heterocycles. The molecule has 1 fully saturated rings. The van der Waals surface area contributed by atoms with E-state index in [1.54, 1.807) is 0 Å². The molecule has 1 rings (SSSR count). The summed E-state index contributed by atoms with van der Waals surface area (Å²) >= 11 is 0. The maximum Gasteiger partial charge on any atom is 0.236 e. The quantitative estimate of drug-likeness (QED) is 0.670. The van der Waals surface area contributed by atoms with Crippen LogP contribution in [0, 0.1) is 5.92 Å². The van der Waals surface area contributed by atoms with Crippen LogP contribution >= 0.6 is 0 Å². The van der Waals surface area contributed by atoms with Gasteiger partial charge in [0, 0.05) is 6.54 Å². The molecule has 0 bridgehead atoms. The molecule has 0 spiro atoms. The highest BCUT2D eigenvalue weighted by Crippen LogP contribution is 2.28. The molecule has 3 nitrogen and oxygen atoms in total. The molecule has 0 heterocycles. The molecule has 1 amide bonds. The zero-order valence-corrected chi connectivity index (χ0v) is 8.38. The van der Waals surface area contributed by atoms with Crippen molar-refractivity contribution in [2.45, 2.75) is 45.1 Å². The maximum absolute atomic E-state index is 11.2. The topological polar surface area (TPSA) is 55.1 Å². The van der Waals surface area contributed by atoms with E-state index >= 15 is 0 Å². The third-order valence-corrected chi connectivity index (χ3v) is 2.85. The zero-order chi connectivity index (χ0) is 9.68.